The van der Waals surface area contributed by atoms with Crippen LogP contribution in [0.3, 0.4) is 0 Å². The third-order valence-electron chi connectivity index (χ3n) is 2.25. The highest BCUT2D eigenvalue weighted by molar-refractivity contribution is 7.99. The lowest BCUT2D eigenvalue weighted by molar-refractivity contribution is -0.122. The Labute approximate surface area is 105 Å². The van der Waals surface area contributed by atoms with Crippen LogP contribution in [0, 0.1) is 0 Å². The van der Waals surface area contributed by atoms with Crippen molar-refractivity contribution in [1.82, 2.24) is 0 Å². The average Bonchev–Trinajstić information content (AvgIpc) is 2.17. The van der Waals surface area contributed by atoms with Crippen LogP contribution >= 0.6 is 23.4 Å². The molecule has 0 saturated heterocycles. The van der Waals surface area contributed by atoms with Crippen molar-refractivity contribution in [2.24, 2.45) is 11.5 Å². The summed E-state index contributed by atoms with van der Waals surface area (Å²) in [5.74, 6) is 0.259. The fourth-order valence-corrected chi connectivity index (χ4v) is 2.46. The van der Waals surface area contributed by atoms with Gasteiger partial charge in [0.05, 0.1) is 5.54 Å². The molecule has 0 spiro atoms. The van der Waals surface area contributed by atoms with Gasteiger partial charge in [0.15, 0.2) is 0 Å². The van der Waals surface area contributed by atoms with E-state index >= 15 is 0 Å². The standard InChI is InChI=1S/C11H15ClN2OS/c1-11(14,10(13)15)5-6-16-9-4-2-3-8(12)7-9/h2-4,7H,5-6,14H2,1H3,(H2,13,15). The van der Waals surface area contributed by atoms with Gasteiger partial charge in [-0.1, -0.05) is 17.7 Å². The second kappa shape index (κ2) is 5.57. The van der Waals surface area contributed by atoms with Gasteiger partial charge in [0, 0.05) is 15.7 Å². The molecule has 1 aromatic carbocycles. The minimum absolute atomic E-state index is 0.473. The molecule has 16 heavy (non-hydrogen) atoms. The van der Waals surface area contributed by atoms with Crippen LogP contribution in [0.15, 0.2) is 29.2 Å². The molecule has 0 radical (unpaired) electrons. The SMILES string of the molecule is CC(N)(CCSc1cccc(Cl)c1)C(N)=O. The number of thioether (sulfide) groups is 1. The maximum Gasteiger partial charge on any atom is 0.237 e. The highest BCUT2D eigenvalue weighted by Crippen LogP contribution is 2.23. The first-order valence-electron chi connectivity index (χ1n) is 4.89. The molecule has 1 amide bonds. The van der Waals surface area contributed by atoms with Crippen LogP contribution in [-0.4, -0.2) is 17.2 Å². The Hall–Kier alpha value is -0.710. The molecule has 0 aromatic heterocycles. The van der Waals surface area contributed by atoms with Crippen LogP contribution < -0.4 is 11.5 Å². The van der Waals surface area contributed by atoms with Gasteiger partial charge in [0.2, 0.25) is 5.91 Å². The fourth-order valence-electron chi connectivity index (χ4n) is 1.06. The van der Waals surface area contributed by atoms with Gasteiger partial charge in [-0.05, 0) is 31.5 Å². The van der Waals surface area contributed by atoms with Crippen molar-refractivity contribution in [2.45, 2.75) is 23.8 Å². The van der Waals surface area contributed by atoms with E-state index in [9.17, 15) is 4.79 Å². The van der Waals surface area contributed by atoms with Gasteiger partial charge in [-0.25, -0.2) is 0 Å². The Bertz CT molecular complexity index is 382. The van der Waals surface area contributed by atoms with Gasteiger partial charge in [0.25, 0.3) is 0 Å². The van der Waals surface area contributed by atoms with Crippen LogP contribution in [0.25, 0.3) is 0 Å². The lowest BCUT2D eigenvalue weighted by atomic mass is 10.0. The van der Waals surface area contributed by atoms with Gasteiger partial charge in [-0.15, -0.1) is 11.8 Å². The van der Waals surface area contributed by atoms with E-state index in [2.05, 4.69) is 0 Å². The normalized spacial score (nSPS) is 14.4. The number of amides is 1. The van der Waals surface area contributed by atoms with Crippen LogP contribution in [-0.2, 0) is 4.79 Å². The molecule has 1 unspecified atom stereocenters. The number of nitrogens with two attached hydrogens (primary N) is 2. The molecule has 0 heterocycles. The molecule has 0 aliphatic heterocycles. The summed E-state index contributed by atoms with van der Waals surface area (Å²) in [6.07, 6.45) is 0.541. The quantitative estimate of drug-likeness (QED) is 0.794. The summed E-state index contributed by atoms with van der Waals surface area (Å²) in [7, 11) is 0. The molecular formula is C11H15ClN2OS. The van der Waals surface area contributed by atoms with E-state index in [1.54, 1.807) is 18.7 Å². The van der Waals surface area contributed by atoms with Crippen LogP contribution in [0.2, 0.25) is 5.02 Å². The predicted molar refractivity (Wildman–Crippen MR) is 68.6 cm³/mol. The summed E-state index contributed by atoms with van der Waals surface area (Å²) in [5, 5.41) is 0.704. The van der Waals surface area contributed by atoms with Crippen LogP contribution in [0.4, 0.5) is 0 Å². The average molecular weight is 259 g/mol. The molecule has 0 aliphatic carbocycles. The Kier molecular flexibility index (Phi) is 4.65. The number of hydrogen-bond donors (Lipinski definition) is 2. The zero-order chi connectivity index (χ0) is 12.2. The minimum atomic E-state index is -0.939. The highest BCUT2D eigenvalue weighted by Gasteiger charge is 2.24. The smallest absolute Gasteiger partial charge is 0.237 e. The van der Waals surface area contributed by atoms with Crippen molar-refractivity contribution in [3.63, 3.8) is 0 Å². The van der Waals surface area contributed by atoms with Crippen LogP contribution in [0.1, 0.15) is 13.3 Å². The molecule has 0 fully saturated rings. The van der Waals surface area contributed by atoms with Gasteiger partial charge in [0.1, 0.15) is 0 Å². The summed E-state index contributed by atoms with van der Waals surface area (Å²) in [5.41, 5.74) is 9.98. The van der Waals surface area contributed by atoms with Crippen molar-refractivity contribution < 1.29 is 4.79 Å². The molecule has 88 valence electrons. The van der Waals surface area contributed by atoms with E-state index in [0.717, 1.165) is 10.6 Å². The van der Waals surface area contributed by atoms with E-state index in [0.29, 0.717) is 11.4 Å². The van der Waals surface area contributed by atoms with Gasteiger partial charge in [-0.2, -0.15) is 0 Å². The largest absolute Gasteiger partial charge is 0.368 e. The number of halogens is 1. The highest BCUT2D eigenvalue weighted by atomic mass is 35.5. The van der Waals surface area contributed by atoms with Crippen molar-refractivity contribution in [1.29, 1.82) is 0 Å². The zero-order valence-corrected chi connectivity index (χ0v) is 10.6. The third kappa shape index (κ3) is 4.04. The number of carbonyl (C=O) groups excluding carboxylic acids is 1. The monoisotopic (exact) mass is 258 g/mol. The maximum atomic E-state index is 11.0. The summed E-state index contributed by atoms with van der Waals surface area (Å²) < 4.78 is 0. The van der Waals surface area contributed by atoms with Crippen molar-refractivity contribution in [2.75, 3.05) is 5.75 Å². The first-order chi connectivity index (χ1) is 7.42. The third-order valence-corrected chi connectivity index (χ3v) is 3.48. The van der Waals surface area contributed by atoms with Crippen molar-refractivity contribution in [3.05, 3.63) is 29.3 Å². The fraction of sp³-hybridized carbons (Fsp3) is 0.364. The van der Waals surface area contributed by atoms with Crippen molar-refractivity contribution in [3.8, 4) is 0 Å². The lowest BCUT2D eigenvalue weighted by Gasteiger charge is -2.19. The Morgan fingerprint density at radius 1 is 1.56 bits per heavy atom. The van der Waals surface area contributed by atoms with E-state index in [-0.39, 0.29) is 0 Å². The number of hydrogen-bond acceptors (Lipinski definition) is 3. The Morgan fingerprint density at radius 3 is 2.81 bits per heavy atom. The first kappa shape index (κ1) is 13.4. The van der Waals surface area contributed by atoms with Crippen molar-refractivity contribution >= 4 is 29.3 Å². The van der Waals surface area contributed by atoms with E-state index < -0.39 is 11.4 Å². The number of primary amides is 1. The molecular weight excluding hydrogens is 244 g/mol. The Balaban J connectivity index is 2.45. The lowest BCUT2D eigenvalue weighted by Crippen LogP contribution is -2.49. The topological polar surface area (TPSA) is 69.1 Å². The number of carbonyl (C=O) groups is 1. The maximum absolute atomic E-state index is 11.0. The van der Waals surface area contributed by atoms with Gasteiger partial charge < -0.3 is 11.5 Å². The predicted octanol–water partition coefficient (Wildman–Crippen LogP) is 2.02. The molecule has 4 N–H and O–H groups in total. The van der Waals surface area contributed by atoms with E-state index in [4.69, 9.17) is 23.1 Å². The number of rotatable bonds is 5. The zero-order valence-electron chi connectivity index (χ0n) is 9.07. The molecule has 0 saturated carbocycles. The Morgan fingerprint density at radius 2 is 2.25 bits per heavy atom. The number of benzene rings is 1. The second-order valence-corrected chi connectivity index (χ2v) is 5.44. The van der Waals surface area contributed by atoms with Gasteiger partial charge >= 0.3 is 0 Å². The summed E-state index contributed by atoms with van der Waals surface area (Å²) in [4.78, 5) is 12.0. The first-order valence-corrected chi connectivity index (χ1v) is 6.25. The molecule has 1 aromatic rings. The second-order valence-electron chi connectivity index (χ2n) is 3.84. The minimum Gasteiger partial charge on any atom is -0.368 e. The summed E-state index contributed by atoms with van der Waals surface area (Å²) >= 11 is 7.46. The summed E-state index contributed by atoms with van der Waals surface area (Å²) in [6.45, 7) is 1.65. The van der Waals surface area contributed by atoms with E-state index in [1.165, 1.54) is 0 Å². The molecule has 5 heteroatoms. The van der Waals surface area contributed by atoms with E-state index in [1.807, 2.05) is 24.3 Å². The molecule has 1 rings (SSSR count). The van der Waals surface area contributed by atoms with Gasteiger partial charge in [-0.3, -0.25) is 4.79 Å². The van der Waals surface area contributed by atoms with Crippen LogP contribution in [0.5, 0.6) is 0 Å². The molecule has 3 nitrogen and oxygen atoms in total. The summed E-state index contributed by atoms with van der Waals surface area (Å²) in [6, 6.07) is 7.56. The molecule has 1 atom stereocenters. The molecule has 0 aliphatic rings. The molecule has 0 bridgehead atoms.